The van der Waals surface area contributed by atoms with Crippen molar-refractivity contribution in [1.29, 1.82) is 0 Å². The monoisotopic (exact) mass is 361 g/mol. The van der Waals surface area contributed by atoms with E-state index in [1.165, 1.54) is 32.0 Å². The van der Waals surface area contributed by atoms with Crippen molar-refractivity contribution in [3.05, 3.63) is 29.6 Å². The Balaban J connectivity index is 1.49. The first kappa shape index (κ1) is 17.5. The normalized spacial score (nSPS) is 31.7. The summed E-state index contributed by atoms with van der Waals surface area (Å²) in [5.41, 5.74) is 18.4. The van der Waals surface area contributed by atoms with Gasteiger partial charge in [-0.25, -0.2) is 9.38 Å². The number of piperidine rings is 1. The highest BCUT2D eigenvalue weighted by Crippen LogP contribution is 2.35. The molecule has 0 aromatic heterocycles. The first-order chi connectivity index (χ1) is 12.5. The van der Waals surface area contributed by atoms with Crippen LogP contribution in [0.2, 0.25) is 0 Å². The molecule has 0 spiro atoms. The van der Waals surface area contributed by atoms with Crippen LogP contribution in [-0.4, -0.2) is 43.1 Å². The molecule has 0 aliphatic carbocycles. The number of hydrogen-bond donors (Lipinski definition) is 4. The zero-order valence-corrected chi connectivity index (χ0v) is 15.2. The second-order valence-electron chi connectivity index (χ2n) is 7.57. The van der Waals surface area contributed by atoms with Gasteiger partial charge in [0.25, 0.3) is 0 Å². The molecule has 8 heteroatoms. The molecule has 26 heavy (non-hydrogen) atoms. The first-order valence-corrected chi connectivity index (χ1v) is 9.46. The maximum Gasteiger partial charge on any atom is 0.209 e. The van der Waals surface area contributed by atoms with E-state index in [0.717, 1.165) is 19.5 Å². The van der Waals surface area contributed by atoms with Crippen molar-refractivity contribution in [2.45, 2.75) is 38.0 Å². The summed E-state index contributed by atoms with van der Waals surface area (Å²) in [4.78, 5) is 8.90. The van der Waals surface area contributed by atoms with E-state index in [0.29, 0.717) is 23.2 Å². The summed E-state index contributed by atoms with van der Waals surface area (Å²) in [6.07, 6.45) is 3.50. The van der Waals surface area contributed by atoms with E-state index >= 15 is 0 Å². The number of aliphatic imine (C=N–C) groups is 1. The summed E-state index contributed by atoms with van der Waals surface area (Å²) in [5, 5.41) is 0. The Hall–Kier alpha value is -1.90. The van der Waals surface area contributed by atoms with Gasteiger partial charge in [-0.1, -0.05) is 13.0 Å². The lowest BCUT2D eigenvalue weighted by atomic mass is 9.92. The summed E-state index contributed by atoms with van der Waals surface area (Å²) in [5.74, 6) is -0.684. The first-order valence-electron chi connectivity index (χ1n) is 9.46. The lowest BCUT2D eigenvalue weighted by Gasteiger charge is -2.39. The van der Waals surface area contributed by atoms with Gasteiger partial charge in [-0.3, -0.25) is 16.1 Å². The molecule has 3 atom stereocenters. The molecular formula is C18H28FN7. The Labute approximate surface area is 153 Å². The minimum absolute atomic E-state index is 0.192. The lowest BCUT2D eigenvalue weighted by Crippen LogP contribution is -2.50. The number of hydrazine groups is 1. The Bertz CT molecular complexity index is 709. The van der Waals surface area contributed by atoms with E-state index in [1.54, 1.807) is 0 Å². The lowest BCUT2D eigenvalue weighted by molar-refractivity contribution is 0.201. The summed E-state index contributed by atoms with van der Waals surface area (Å²) in [6.45, 7) is 6.38. The number of halogens is 1. The zero-order chi connectivity index (χ0) is 18.3. The molecule has 2 fully saturated rings. The fourth-order valence-electron chi connectivity index (χ4n) is 4.61. The van der Waals surface area contributed by atoms with Crippen LogP contribution in [0.15, 0.2) is 23.2 Å². The smallest absolute Gasteiger partial charge is 0.209 e. The largest absolute Gasteiger partial charge is 0.369 e. The number of fused-ring (bicyclic) bond motifs is 1. The number of guanidine groups is 1. The predicted octanol–water partition coefficient (Wildman–Crippen LogP) is 0.628. The zero-order valence-electron chi connectivity index (χ0n) is 15.2. The molecule has 0 saturated carbocycles. The van der Waals surface area contributed by atoms with Crippen molar-refractivity contribution < 1.29 is 4.39 Å². The van der Waals surface area contributed by atoms with E-state index in [2.05, 4.69) is 32.6 Å². The van der Waals surface area contributed by atoms with Gasteiger partial charge in [0.05, 0.1) is 5.69 Å². The van der Waals surface area contributed by atoms with Crippen LogP contribution in [0.5, 0.6) is 0 Å². The van der Waals surface area contributed by atoms with Gasteiger partial charge in [0, 0.05) is 24.7 Å². The van der Waals surface area contributed by atoms with Crippen LogP contribution in [0.4, 0.5) is 10.1 Å². The molecule has 0 bridgehead atoms. The second kappa shape index (κ2) is 6.68. The quantitative estimate of drug-likeness (QED) is 0.628. The Morgan fingerprint density at radius 3 is 2.88 bits per heavy atom. The number of nitrogens with one attached hydrogen (secondary N) is 2. The van der Waals surface area contributed by atoms with Crippen molar-refractivity contribution in [3.8, 4) is 0 Å². The van der Waals surface area contributed by atoms with Crippen LogP contribution in [-0.2, 0) is 5.79 Å². The summed E-state index contributed by atoms with van der Waals surface area (Å²) >= 11 is 0. The van der Waals surface area contributed by atoms with E-state index in [4.69, 9.17) is 11.5 Å². The summed E-state index contributed by atoms with van der Waals surface area (Å²) in [6, 6.07) is 5.74. The number of nitrogens with zero attached hydrogens (tertiary/aromatic N) is 3. The average Bonchev–Trinajstić information content (AvgIpc) is 3.19. The third-order valence-electron chi connectivity index (χ3n) is 5.87. The van der Waals surface area contributed by atoms with Crippen LogP contribution < -0.4 is 27.2 Å². The molecule has 0 radical (unpaired) electrons. The topological polar surface area (TPSA) is 94.9 Å². The number of benzene rings is 1. The highest BCUT2D eigenvalue weighted by atomic mass is 19.1. The third kappa shape index (κ3) is 3.02. The van der Waals surface area contributed by atoms with Crippen molar-refractivity contribution in [2.24, 2.45) is 22.4 Å². The minimum atomic E-state index is -1.23. The Kier molecular flexibility index (Phi) is 4.50. The van der Waals surface area contributed by atoms with Gasteiger partial charge < -0.3 is 10.6 Å². The molecule has 3 aliphatic rings. The second-order valence-corrected chi connectivity index (χ2v) is 7.57. The number of nitrogens with two attached hydrogens (primary N) is 2. The van der Waals surface area contributed by atoms with Crippen molar-refractivity contribution >= 4 is 11.6 Å². The van der Waals surface area contributed by atoms with Gasteiger partial charge in [-0.05, 0) is 50.4 Å². The highest BCUT2D eigenvalue weighted by molar-refractivity contribution is 5.79. The van der Waals surface area contributed by atoms with Gasteiger partial charge in [-0.2, -0.15) is 5.43 Å². The highest BCUT2D eigenvalue weighted by Gasteiger charge is 2.38. The predicted molar refractivity (Wildman–Crippen MR) is 101 cm³/mol. The van der Waals surface area contributed by atoms with Crippen LogP contribution in [0.3, 0.4) is 0 Å². The molecule has 3 unspecified atom stereocenters. The van der Waals surface area contributed by atoms with E-state index in [1.807, 2.05) is 12.1 Å². The molecule has 7 nitrogen and oxygen atoms in total. The van der Waals surface area contributed by atoms with Crippen LogP contribution in [0, 0.1) is 11.7 Å². The van der Waals surface area contributed by atoms with Gasteiger partial charge >= 0.3 is 0 Å². The summed E-state index contributed by atoms with van der Waals surface area (Å²) < 4.78 is 14.9. The Morgan fingerprint density at radius 2 is 2.19 bits per heavy atom. The molecule has 4 rings (SSSR count). The summed E-state index contributed by atoms with van der Waals surface area (Å²) in [7, 11) is 0. The van der Waals surface area contributed by atoms with Gasteiger partial charge in [0.2, 0.25) is 11.7 Å². The van der Waals surface area contributed by atoms with Crippen molar-refractivity contribution in [1.82, 2.24) is 15.8 Å². The SMILES string of the molecule is CCCN1CCC2CN(c3ccc(C4(N)N=C(N)NN4)cc3F)CCC21. The number of rotatable bonds is 4. The van der Waals surface area contributed by atoms with Crippen LogP contribution >= 0.6 is 0 Å². The van der Waals surface area contributed by atoms with E-state index < -0.39 is 5.79 Å². The average molecular weight is 361 g/mol. The van der Waals surface area contributed by atoms with E-state index in [9.17, 15) is 4.39 Å². The Morgan fingerprint density at radius 1 is 1.35 bits per heavy atom. The molecule has 1 aromatic rings. The molecule has 142 valence electrons. The van der Waals surface area contributed by atoms with Gasteiger partial charge in [0.15, 0.2) is 0 Å². The number of hydrogen-bond acceptors (Lipinski definition) is 7. The maximum absolute atomic E-state index is 14.9. The maximum atomic E-state index is 14.9. The number of anilines is 1. The molecule has 3 aliphatic heterocycles. The van der Waals surface area contributed by atoms with Crippen LogP contribution in [0.25, 0.3) is 0 Å². The third-order valence-corrected chi connectivity index (χ3v) is 5.87. The molecule has 6 N–H and O–H groups in total. The minimum Gasteiger partial charge on any atom is -0.369 e. The fourth-order valence-corrected chi connectivity index (χ4v) is 4.61. The molecular weight excluding hydrogens is 333 g/mol. The molecule has 1 aromatic carbocycles. The van der Waals surface area contributed by atoms with E-state index in [-0.39, 0.29) is 11.8 Å². The van der Waals surface area contributed by atoms with Gasteiger partial charge in [-0.15, -0.1) is 0 Å². The number of likely N-dealkylation sites (tertiary alicyclic amines) is 1. The molecule has 0 amide bonds. The fraction of sp³-hybridized carbons (Fsp3) is 0.611. The van der Waals surface area contributed by atoms with Crippen molar-refractivity contribution in [2.75, 3.05) is 31.1 Å². The molecule has 2 saturated heterocycles. The van der Waals surface area contributed by atoms with Crippen LogP contribution in [0.1, 0.15) is 31.7 Å². The molecule has 3 heterocycles. The standard InChI is InChI=1S/C18H28FN7/c1-2-7-25-8-5-12-11-26(9-6-15(12)25)16-4-3-13(10-14(16)19)18(21)22-17(20)23-24-18/h3-4,10,12,15,24H,2,5-9,11,21H2,1H3,(H3,20,22,23). The van der Waals surface area contributed by atoms with Crippen molar-refractivity contribution in [3.63, 3.8) is 0 Å². The van der Waals surface area contributed by atoms with Gasteiger partial charge in [0.1, 0.15) is 5.82 Å².